The Morgan fingerprint density at radius 1 is 1.06 bits per heavy atom. The molecule has 1 aromatic heterocycles. The molecular weight excluding hydrogens is 407 g/mol. The Balaban J connectivity index is 1.65. The summed E-state index contributed by atoms with van der Waals surface area (Å²) in [7, 11) is 1.70. The van der Waals surface area contributed by atoms with Gasteiger partial charge in [0.2, 0.25) is 0 Å². The summed E-state index contributed by atoms with van der Waals surface area (Å²) in [5.74, 6) is 1.36. The fourth-order valence-corrected chi connectivity index (χ4v) is 4.26. The summed E-state index contributed by atoms with van der Waals surface area (Å²) in [5.41, 5.74) is 1.71. The van der Waals surface area contributed by atoms with Crippen molar-refractivity contribution < 1.29 is 9.13 Å². The molecule has 4 rings (SSSR count). The molecule has 0 bridgehead atoms. The average molecular weight is 439 g/mol. The van der Waals surface area contributed by atoms with Crippen LogP contribution in [0.25, 0.3) is 0 Å². The summed E-state index contributed by atoms with van der Waals surface area (Å²) in [6.07, 6.45) is 0.877. The Bertz CT molecular complexity index is 1040. The summed E-state index contributed by atoms with van der Waals surface area (Å²) < 4.78 is 21.7. The minimum atomic E-state index is -0.256. The quantitative estimate of drug-likeness (QED) is 0.558. The average Bonchev–Trinajstić information content (AvgIpc) is 3.30. The number of para-hydroxylation sites is 2. The van der Waals surface area contributed by atoms with E-state index < -0.39 is 0 Å². The molecule has 1 saturated heterocycles. The largest absolute Gasteiger partial charge is 0.495 e. The van der Waals surface area contributed by atoms with Crippen molar-refractivity contribution in [2.45, 2.75) is 38.8 Å². The number of rotatable bonds is 7. The summed E-state index contributed by atoms with van der Waals surface area (Å²) in [4.78, 5) is 4.67. The molecule has 0 amide bonds. The highest BCUT2D eigenvalue weighted by Gasteiger charge is 2.34. The van der Waals surface area contributed by atoms with Gasteiger partial charge in [-0.25, -0.2) is 9.07 Å². The van der Waals surface area contributed by atoms with Crippen LogP contribution in [0.3, 0.4) is 0 Å². The number of hydrogen-bond donors (Lipinski definition) is 0. The Hall–Kier alpha value is -3.00. The molecule has 2 aromatic carbocycles. The number of halogens is 1. The van der Waals surface area contributed by atoms with Crippen LogP contribution >= 0.6 is 0 Å². The number of tetrazole rings is 1. The minimum Gasteiger partial charge on any atom is -0.495 e. The van der Waals surface area contributed by atoms with E-state index in [-0.39, 0.29) is 17.4 Å². The maximum atomic E-state index is 14.2. The molecule has 0 unspecified atom stereocenters. The maximum Gasteiger partial charge on any atom is 0.173 e. The van der Waals surface area contributed by atoms with Crippen molar-refractivity contribution in [1.29, 1.82) is 0 Å². The van der Waals surface area contributed by atoms with Gasteiger partial charge >= 0.3 is 0 Å². The van der Waals surface area contributed by atoms with Gasteiger partial charge in [0.05, 0.1) is 24.4 Å². The van der Waals surface area contributed by atoms with Crippen molar-refractivity contribution in [3.05, 3.63) is 65.7 Å². The van der Waals surface area contributed by atoms with Gasteiger partial charge in [0.1, 0.15) is 11.6 Å². The number of methoxy groups -OCH3 is 1. The van der Waals surface area contributed by atoms with Crippen LogP contribution in [0.4, 0.5) is 10.1 Å². The van der Waals surface area contributed by atoms with Crippen LogP contribution in [0.2, 0.25) is 0 Å². The van der Waals surface area contributed by atoms with Gasteiger partial charge in [0.25, 0.3) is 0 Å². The number of aromatic nitrogens is 4. The van der Waals surface area contributed by atoms with Crippen molar-refractivity contribution in [2.24, 2.45) is 0 Å². The standard InChI is InChI=1S/C24H31FN6O/c1-5-24(2,3)31-23(26-27-28-31)22(18-9-8-10-19(25)17-18)30-15-13-29(14-16-30)20-11-6-7-12-21(20)32-4/h6-12,17,22H,5,13-16H2,1-4H3/t22-/m1/s1. The molecule has 1 aliphatic rings. The predicted octanol–water partition coefficient (Wildman–Crippen LogP) is 3.88. The Kier molecular flexibility index (Phi) is 6.41. The molecule has 3 aromatic rings. The van der Waals surface area contributed by atoms with E-state index in [2.05, 4.69) is 52.2 Å². The van der Waals surface area contributed by atoms with Crippen LogP contribution in [0, 0.1) is 5.82 Å². The minimum absolute atomic E-state index is 0.230. The van der Waals surface area contributed by atoms with Crippen LogP contribution in [0.5, 0.6) is 5.75 Å². The number of nitrogens with zero attached hydrogens (tertiary/aromatic N) is 6. The molecule has 0 N–H and O–H groups in total. The lowest BCUT2D eigenvalue weighted by Crippen LogP contribution is -2.49. The highest BCUT2D eigenvalue weighted by molar-refractivity contribution is 5.58. The molecule has 0 radical (unpaired) electrons. The van der Waals surface area contributed by atoms with E-state index in [1.807, 2.05) is 28.9 Å². The van der Waals surface area contributed by atoms with Gasteiger partial charge in [0, 0.05) is 26.2 Å². The van der Waals surface area contributed by atoms with Crippen molar-refractivity contribution in [3.8, 4) is 5.75 Å². The maximum absolute atomic E-state index is 14.2. The first kappa shape index (κ1) is 22.2. The molecule has 32 heavy (non-hydrogen) atoms. The van der Waals surface area contributed by atoms with E-state index in [4.69, 9.17) is 4.74 Å². The molecule has 0 spiro atoms. The highest BCUT2D eigenvalue weighted by atomic mass is 19.1. The van der Waals surface area contributed by atoms with E-state index in [1.165, 1.54) is 6.07 Å². The topological polar surface area (TPSA) is 59.3 Å². The second-order valence-electron chi connectivity index (χ2n) is 8.77. The van der Waals surface area contributed by atoms with Crippen LogP contribution in [-0.4, -0.2) is 58.4 Å². The lowest BCUT2D eigenvalue weighted by Gasteiger charge is -2.40. The molecule has 7 nitrogen and oxygen atoms in total. The zero-order valence-corrected chi connectivity index (χ0v) is 19.2. The van der Waals surface area contributed by atoms with Crippen molar-refractivity contribution in [3.63, 3.8) is 0 Å². The summed E-state index contributed by atoms with van der Waals surface area (Å²) in [6, 6.07) is 14.6. The molecule has 1 aliphatic heterocycles. The molecule has 1 fully saturated rings. The number of anilines is 1. The van der Waals surface area contributed by atoms with E-state index in [0.717, 1.165) is 55.4 Å². The fraction of sp³-hybridized carbons (Fsp3) is 0.458. The molecule has 0 aliphatic carbocycles. The number of piperazine rings is 1. The van der Waals surface area contributed by atoms with E-state index in [9.17, 15) is 4.39 Å². The first-order valence-electron chi connectivity index (χ1n) is 11.1. The predicted molar refractivity (Wildman–Crippen MR) is 122 cm³/mol. The molecule has 1 atom stereocenters. The van der Waals surface area contributed by atoms with Crippen molar-refractivity contribution in [1.82, 2.24) is 25.1 Å². The Labute approximate surface area is 188 Å². The third kappa shape index (κ3) is 4.32. The van der Waals surface area contributed by atoms with Crippen LogP contribution in [0.1, 0.15) is 44.6 Å². The zero-order valence-electron chi connectivity index (χ0n) is 19.2. The van der Waals surface area contributed by atoms with E-state index in [0.29, 0.717) is 0 Å². The summed E-state index contributed by atoms with van der Waals surface area (Å²) >= 11 is 0. The highest BCUT2D eigenvalue weighted by Crippen LogP contribution is 2.34. The second-order valence-corrected chi connectivity index (χ2v) is 8.77. The lowest BCUT2D eigenvalue weighted by atomic mass is 9.99. The van der Waals surface area contributed by atoms with Crippen LogP contribution in [0.15, 0.2) is 48.5 Å². The van der Waals surface area contributed by atoms with Crippen molar-refractivity contribution in [2.75, 3.05) is 38.2 Å². The third-order valence-electron chi connectivity index (χ3n) is 6.45. The van der Waals surface area contributed by atoms with Crippen LogP contribution < -0.4 is 9.64 Å². The number of hydrogen-bond acceptors (Lipinski definition) is 6. The Morgan fingerprint density at radius 2 is 1.81 bits per heavy atom. The van der Waals surface area contributed by atoms with E-state index >= 15 is 0 Å². The molecule has 2 heterocycles. The monoisotopic (exact) mass is 438 g/mol. The van der Waals surface area contributed by atoms with Gasteiger partial charge in [-0.05, 0) is 60.5 Å². The second kappa shape index (κ2) is 9.24. The summed E-state index contributed by atoms with van der Waals surface area (Å²) in [5, 5.41) is 12.7. The Morgan fingerprint density at radius 3 is 2.50 bits per heavy atom. The SMILES string of the molecule is CCC(C)(C)n1nnnc1[C@@H](c1cccc(F)c1)N1CCN(c2ccccc2OC)CC1. The van der Waals surface area contributed by atoms with Gasteiger partial charge in [-0.1, -0.05) is 31.2 Å². The number of benzene rings is 2. The van der Waals surface area contributed by atoms with Crippen LogP contribution in [-0.2, 0) is 5.54 Å². The first-order valence-corrected chi connectivity index (χ1v) is 11.1. The molecular formula is C24H31FN6O. The summed E-state index contributed by atoms with van der Waals surface area (Å²) in [6.45, 7) is 9.59. The smallest absolute Gasteiger partial charge is 0.173 e. The van der Waals surface area contributed by atoms with Gasteiger partial charge < -0.3 is 9.64 Å². The van der Waals surface area contributed by atoms with E-state index in [1.54, 1.807) is 19.2 Å². The lowest BCUT2D eigenvalue weighted by molar-refractivity contribution is 0.186. The fourth-order valence-electron chi connectivity index (χ4n) is 4.26. The number of ether oxygens (including phenoxy) is 1. The molecule has 170 valence electrons. The van der Waals surface area contributed by atoms with Crippen molar-refractivity contribution >= 4 is 5.69 Å². The zero-order chi connectivity index (χ0) is 22.7. The first-order chi connectivity index (χ1) is 15.4. The molecule has 0 saturated carbocycles. The van der Waals surface area contributed by atoms with Gasteiger partial charge in [0.15, 0.2) is 5.82 Å². The third-order valence-corrected chi connectivity index (χ3v) is 6.45. The van der Waals surface area contributed by atoms with Gasteiger partial charge in [-0.2, -0.15) is 0 Å². The molecule has 8 heteroatoms. The van der Waals surface area contributed by atoms with Gasteiger partial charge in [-0.15, -0.1) is 5.10 Å². The normalized spacial score (nSPS) is 16.2. The van der Waals surface area contributed by atoms with Gasteiger partial charge in [-0.3, -0.25) is 4.90 Å².